The molecule has 0 spiro atoms. The van der Waals surface area contributed by atoms with Gasteiger partial charge in [-0.25, -0.2) is 0 Å². The number of nitrogens with zero attached hydrogens (tertiary/aromatic N) is 2. The second-order valence-corrected chi connectivity index (χ2v) is 5.15. The molecule has 19 heavy (non-hydrogen) atoms. The van der Waals surface area contributed by atoms with Crippen LogP contribution in [0.25, 0.3) is 0 Å². The SMILES string of the molecule is O=C(C1CCCO1)N1CCN(c2ccccc2)CC1. The van der Waals surface area contributed by atoms with E-state index in [1.54, 1.807) is 0 Å². The highest BCUT2D eigenvalue weighted by Gasteiger charge is 2.30. The van der Waals surface area contributed by atoms with Gasteiger partial charge in [0.1, 0.15) is 6.10 Å². The number of amides is 1. The van der Waals surface area contributed by atoms with Crippen molar-refractivity contribution in [2.24, 2.45) is 0 Å². The molecule has 2 heterocycles. The van der Waals surface area contributed by atoms with Crippen LogP contribution in [0.1, 0.15) is 12.8 Å². The molecule has 0 saturated carbocycles. The van der Waals surface area contributed by atoms with Crippen molar-refractivity contribution >= 4 is 11.6 Å². The van der Waals surface area contributed by atoms with E-state index in [2.05, 4.69) is 29.2 Å². The van der Waals surface area contributed by atoms with Crippen LogP contribution in [0.5, 0.6) is 0 Å². The van der Waals surface area contributed by atoms with Gasteiger partial charge in [-0.2, -0.15) is 0 Å². The van der Waals surface area contributed by atoms with Crippen LogP contribution < -0.4 is 4.90 Å². The Morgan fingerprint density at radius 2 is 1.84 bits per heavy atom. The highest BCUT2D eigenvalue weighted by molar-refractivity contribution is 5.81. The minimum Gasteiger partial charge on any atom is -0.368 e. The molecule has 4 heteroatoms. The molecule has 2 aliphatic heterocycles. The van der Waals surface area contributed by atoms with Crippen LogP contribution in [0, 0.1) is 0 Å². The van der Waals surface area contributed by atoms with Crippen LogP contribution in [0.2, 0.25) is 0 Å². The average molecular weight is 260 g/mol. The molecule has 0 bridgehead atoms. The second-order valence-electron chi connectivity index (χ2n) is 5.15. The van der Waals surface area contributed by atoms with E-state index in [0.717, 1.165) is 45.6 Å². The Bertz CT molecular complexity index is 421. The lowest BCUT2D eigenvalue weighted by Crippen LogP contribution is -2.51. The Morgan fingerprint density at radius 3 is 2.47 bits per heavy atom. The zero-order chi connectivity index (χ0) is 13.1. The summed E-state index contributed by atoms with van der Waals surface area (Å²) >= 11 is 0. The lowest BCUT2D eigenvalue weighted by Gasteiger charge is -2.37. The Balaban J connectivity index is 1.56. The highest BCUT2D eigenvalue weighted by Crippen LogP contribution is 2.18. The zero-order valence-corrected chi connectivity index (χ0v) is 11.1. The first-order chi connectivity index (χ1) is 9.34. The molecule has 0 aliphatic carbocycles. The molecular weight excluding hydrogens is 240 g/mol. The fraction of sp³-hybridized carbons (Fsp3) is 0.533. The zero-order valence-electron chi connectivity index (χ0n) is 11.1. The molecule has 2 saturated heterocycles. The molecule has 1 aromatic carbocycles. The smallest absolute Gasteiger partial charge is 0.251 e. The van der Waals surface area contributed by atoms with Gasteiger partial charge in [-0.05, 0) is 25.0 Å². The van der Waals surface area contributed by atoms with Gasteiger partial charge in [0.25, 0.3) is 5.91 Å². The Labute approximate surface area is 113 Å². The van der Waals surface area contributed by atoms with Gasteiger partial charge in [-0.3, -0.25) is 4.79 Å². The van der Waals surface area contributed by atoms with Gasteiger partial charge >= 0.3 is 0 Å². The summed E-state index contributed by atoms with van der Waals surface area (Å²) in [5.74, 6) is 0.185. The monoisotopic (exact) mass is 260 g/mol. The van der Waals surface area contributed by atoms with Gasteiger partial charge in [0.05, 0.1) is 0 Å². The number of anilines is 1. The van der Waals surface area contributed by atoms with Crippen LogP contribution in [-0.2, 0) is 9.53 Å². The van der Waals surface area contributed by atoms with Crippen LogP contribution in [0.3, 0.4) is 0 Å². The molecule has 0 N–H and O–H groups in total. The second kappa shape index (κ2) is 5.61. The summed E-state index contributed by atoms with van der Waals surface area (Å²) in [6.45, 7) is 4.15. The Kier molecular flexibility index (Phi) is 3.69. The van der Waals surface area contributed by atoms with Crippen molar-refractivity contribution in [1.82, 2.24) is 4.90 Å². The van der Waals surface area contributed by atoms with E-state index < -0.39 is 0 Å². The first kappa shape index (κ1) is 12.5. The maximum absolute atomic E-state index is 12.2. The number of carbonyl (C=O) groups is 1. The molecule has 0 radical (unpaired) electrons. The third-order valence-electron chi connectivity index (χ3n) is 3.92. The number of carbonyl (C=O) groups excluding carboxylic acids is 1. The fourth-order valence-corrected chi connectivity index (χ4v) is 2.80. The number of para-hydroxylation sites is 1. The molecule has 1 atom stereocenters. The molecule has 2 aliphatic rings. The Hall–Kier alpha value is -1.55. The first-order valence-corrected chi connectivity index (χ1v) is 7.05. The van der Waals surface area contributed by atoms with Crippen molar-refractivity contribution < 1.29 is 9.53 Å². The lowest BCUT2D eigenvalue weighted by atomic mass is 10.2. The highest BCUT2D eigenvalue weighted by atomic mass is 16.5. The number of hydrogen-bond donors (Lipinski definition) is 0. The van der Waals surface area contributed by atoms with Crippen molar-refractivity contribution in [2.75, 3.05) is 37.7 Å². The minimum atomic E-state index is -0.178. The number of hydrogen-bond acceptors (Lipinski definition) is 3. The predicted octanol–water partition coefficient (Wildman–Crippen LogP) is 1.51. The van der Waals surface area contributed by atoms with E-state index in [-0.39, 0.29) is 12.0 Å². The van der Waals surface area contributed by atoms with Crippen molar-refractivity contribution in [1.29, 1.82) is 0 Å². The Morgan fingerprint density at radius 1 is 1.11 bits per heavy atom. The number of benzene rings is 1. The quantitative estimate of drug-likeness (QED) is 0.808. The van der Waals surface area contributed by atoms with E-state index in [0.29, 0.717) is 0 Å². The minimum absolute atomic E-state index is 0.178. The maximum Gasteiger partial charge on any atom is 0.251 e. The van der Waals surface area contributed by atoms with Crippen LogP contribution >= 0.6 is 0 Å². The van der Waals surface area contributed by atoms with E-state index in [1.807, 2.05) is 11.0 Å². The van der Waals surface area contributed by atoms with Gasteiger partial charge in [0, 0.05) is 38.5 Å². The molecule has 1 amide bonds. The largest absolute Gasteiger partial charge is 0.368 e. The number of rotatable bonds is 2. The molecular formula is C15H20N2O2. The normalized spacial score (nSPS) is 23.7. The van der Waals surface area contributed by atoms with E-state index >= 15 is 0 Å². The number of piperazine rings is 1. The summed E-state index contributed by atoms with van der Waals surface area (Å²) in [5, 5.41) is 0. The van der Waals surface area contributed by atoms with Gasteiger partial charge < -0.3 is 14.5 Å². The summed E-state index contributed by atoms with van der Waals surface area (Å²) in [6.07, 6.45) is 1.72. The van der Waals surface area contributed by atoms with Gasteiger partial charge in [-0.1, -0.05) is 18.2 Å². The molecule has 1 unspecified atom stereocenters. The van der Waals surface area contributed by atoms with E-state index in [9.17, 15) is 4.79 Å². The van der Waals surface area contributed by atoms with Crippen LogP contribution in [0.15, 0.2) is 30.3 Å². The van der Waals surface area contributed by atoms with Gasteiger partial charge in [0.15, 0.2) is 0 Å². The third-order valence-corrected chi connectivity index (χ3v) is 3.92. The van der Waals surface area contributed by atoms with E-state index in [1.165, 1.54) is 5.69 Å². The summed E-state index contributed by atoms with van der Waals surface area (Å²) in [7, 11) is 0. The van der Waals surface area contributed by atoms with Crippen molar-refractivity contribution in [3.05, 3.63) is 30.3 Å². The summed E-state index contributed by atoms with van der Waals surface area (Å²) in [5.41, 5.74) is 1.24. The van der Waals surface area contributed by atoms with Crippen molar-refractivity contribution in [2.45, 2.75) is 18.9 Å². The van der Waals surface area contributed by atoms with Crippen molar-refractivity contribution in [3.8, 4) is 0 Å². The van der Waals surface area contributed by atoms with E-state index in [4.69, 9.17) is 4.74 Å². The molecule has 3 rings (SSSR count). The maximum atomic E-state index is 12.2. The third kappa shape index (κ3) is 2.73. The molecule has 102 valence electrons. The standard InChI is InChI=1S/C15H20N2O2/c18-15(14-7-4-12-19-14)17-10-8-16(9-11-17)13-5-2-1-3-6-13/h1-3,5-6,14H,4,7-12H2. The van der Waals surface area contributed by atoms with Crippen LogP contribution in [-0.4, -0.2) is 49.7 Å². The summed E-state index contributed by atoms with van der Waals surface area (Å²) in [4.78, 5) is 16.5. The molecule has 0 aromatic heterocycles. The molecule has 4 nitrogen and oxygen atoms in total. The lowest BCUT2D eigenvalue weighted by molar-refractivity contribution is -0.141. The van der Waals surface area contributed by atoms with Crippen molar-refractivity contribution in [3.63, 3.8) is 0 Å². The fourth-order valence-electron chi connectivity index (χ4n) is 2.80. The summed E-state index contributed by atoms with van der Waals surface area (Å²) in [6, 6.07) is 10.4. The molecule has 2 fully saturated rings. The predicted molar refractivity (Wildman–Crippen MR) is 74.2 cm³/mol. The molecule has 1 aromatic rings. The first-order valence-electron chi connectivity index (χ1n) is 7.05. The van der Waals surface area contributed by atoms with Gasteiger partial charge in [-0.15, -0.1) is 0 Å². The topological polar surface area (TPSA) is 32.8 Å². The summed E-state index contributed by atoms with van der Waals surface area (Å²) < 4.78 is 5.47. The van der Waals surface area contributed by atoms with Gasteiger partial charge in [0.2, 0.25) is 0 Å². The number of ether oxygens (including phenoxy) is 1. The van der Waals surface area contributed by atoms with Crippen LogP contribution in [0.4, 0.5) is 5.69 Å². The average Bonchev–Trinajstić information content (AvgIpc) is 3.02.